The highest BCUT2D eigenvalue weighted by Gasteiger charge is 2.29. The normalized spacial score (nSPS) is 14.0. The second-order valence-electron chi connectivity index (χ2n) is 10.2. The molecule has 0 saturated heterocycles. The fraction of sp³-hybridized carbons (Fsp3) is 0.500. The van der Waals surface area contributed by atoms with Crippen LogP contribution in [0.1, 0.15) is 42.2 Å². The molecule has 1 aliphatic rings. The molecule has 0 fully saturated rings. The van der Waals surface area contributed by atoms with Gasteiger partial charge in [0.1, 0.15) is 30.0 Å². The number of rotatable bonds is 21. The summed E-state index contributed by atoms with van der Waals surface area (Å²) in [5.74, 6) is 2.01. The Hall–Kier alpha value is -3.23. The number of ether oxygens (including phenoxy) is 6. The summed E-state index contributed by atoms with van der Waals surface area (Å²) < 4.78 is 35.3. The van der Waals surface area contributed by atoms with Gasteiger partial charge in [0, 0.05) is 29.1 Å². The fourth-order valence-electron chi connectivity index (χ4n) is 4.70. The van der Waals surface area contributed by atoms with Crippen molar-refractivity contribution in [2.75, 3.05) is 79.2 Å². The Bertz CT molecular complexity index is 1380. The summed E-state index contributed by atoms with van der Waals surface area (Å²) in [7, 11) is 0. The molecule has 0 bridgehead atoms. The van der Waals surface area contributed by atoms with Gasteiger partial charge in [0.15, 0.2) is 5.82 Å². The molecule has 0 aliphatic carbocycles. The Balaban J connectivity index is 1.26. The van der Waals surface area contributed by atoms with E-state index in [1.54, 1.807) is 6.92 Å². The molecule has 12 nitrogen and oxygen atoms in total. The van der Waals surface area contributed by atoms with E-state index in [1.807, 2.05) is 54.0 Å². The van der Waals surface area contributed by atoms with Crippen molar-refractivity contribution in [1.29, 1.82) is 0 Å². The van der Waals surface area contributed by atoms with Crippen LogP contribution in [0.15, 0.2) is 47.5 Å². The zero-order chi connectivity index (χ0) is 31.9. The Morgan fingerprint density at radius 3 is 1.98 bits per heavy atom. The average molecular weight is 644 g/mol. The van der Waals surface area contributed by atoms with Gasteiger partial charge in [-0.3, -0.25) is 14.4 Å². The molecule has 2 heterocycles. The van der Waals surface area contributed by atoms with Crippen LogP contribution in [0.3, 0.4) is 0 Å². The first-order chi connectivity index (χ1) is 22.0. The van der Waals surface area contributed by atoms with Crippen molar-refractivity contribution in [3.8, 4) is 11.4 Å². The van der Waals surface area contributed by atoms with Crippen LogP contribution >= 0.6 is 11.6 Å². The molecule has 2 N–H and O–H groups in total. The quantitative estimate of drug-likeness (QED) is 0.171. The predicted octanol–water partition coefficient (Wildman–Crippen LogP) is 3.52. The van der Waals surface area contributed by atoms with Crippen LogP contribution < -0.4 is 10.5 Å². The Morgan fingerprint density at radius 2 is 1.40 bits per heavy atom. The molecule has 0 saturated carbocycles. The minimum Gasteiger partial charge on any atom is -0.491 e. The van der Waals surface area contributed by atoms with E-state index in [0.717, 1.165) is 22.5 Å². The smallest absolute Gasteiger partial charge is 0.162 e. The van der Waals surface area contributed by atoms with E-state index >= 15 is 0 Å². The zero-order valence-electron chi connectivity index (χ0n) is 25.9. The van der Waals surface area contributed by atoms with Gasteiger partial charge in [-0.25, -0.2) is 0 Å². The lowest BCUT2D eigenvalue weighted by Gasteiger charge is -2.15. The van der Waals surface area contributed by atoms with Gasteiger partial charge in [-0.1, -0.05) is 23.7 Å². The van der Waals surface area contributed by atoms with Gasteiger partial charge in [-0.15, -0.1) is 10.2 Å². The molecule has 45 heavy (non-hydrogen) atoms. The number of hydrogen-bond donors (Lipinski definition) is 1. The monoisotopic (exact) mass is 643 g/mol. The van der Waals surface area contributed by atoms with Crippen LogP contribution in [-0.2, 0) is 28.5 Å². The highest BCUT2D eigenvalue weighted by molar-refractivity contribution is 6.30. The molecule has 0 radical (unpaired) electrons. The molecule has 0 amide bonds. The van der Waals surface area contributed by atoms with Crippen LogP contribution in [-0.4, -0.2) is 105 Å². The van der Waals surface area contributed by atoms with E-state index in [-0.39, 0.29) is 12.2 Å². The second kappa shape index (κ2) is 18.7. The lowest BCUT2D eigenvalue weighted by Crippen LogP contribution is -2.15. The molecule has 2 aromatic carbocycles. The van der Waals surface area contributed by atoms with Crippen molar-refractivity contribution >= 4 is 23.1 Å². The van der Waals surface area contributed by atoms with Crippen LogP contribution in [0.2, 0.25) is 5.02 Å². The summed E-state index contributed by atoms with van der Waals surface area (Å²) in [4.78, 5) is 17.2. The predicted molar refractivity (Wildman–Crippen MR) is 170 cm³/mol. The lowest BCUT2D eigenvalue weighted by molar-refractivity contribution is -0.117. The molecule has 4 rings (SSSR count). The number of carbonyl (C=O) groups excluding carboxylic acids is 1. The highest BCUT2D eigenvalue weighted by atomic mass is 35.5. The number of aryl methyl sites for hydroxylation is 1. The summed E-state index contributed by atoms with van der Waals surface area (Å²) >= 11 is 6.18. The minimum absolute atomic E-state index is 0.0160. The Labute approximate surface area is 268 Å². The number of benzene rings is 2. The molecule has 0 unspecified atom stereocenters. The van der Waals surface area contributed by atoms with Gasteiger partial charge in [-0.2, -0.15) is 0 Å². The molecule has 1 atom stereocenters. The second-order valence-corrected chi connectivity index (χ2v) is 10.7. The summed E-state index contributed by atoms with van der Waals surface area (Å²) in [6.45, 7) is 9.20. The number of halogens is 1. The molecule has 3 aromatic rings. The maximum absolute atomic E-state index is 12.2. The summed E-state index contributed by atoms with van der Waals surface area (Å²) in [5, 5.41) is 9.31. The van der Waals surface area contributed by atoms with Gasteiger partial charge < -0.3 is 34.2 Å². The minimum atomic E-state index is -0.487. The number of ketones is 1. The number of fused-ring (bicyclic) bond motifs is 3. The van der Waals surface area contributed by atoms with Crippen molar-refractivity contribution in [2.24, 2.45) is 10.7 Å². The third-order valence-electron chi connectivity index (χ3n) is 6.74. The Kier molecular flexibility index (Phi) is 14.4. The third kappa shape index (κ3) is 10.7. The number of carbonyl (C=O) groups is 1. The van der Waals surface area contributed by atoms with E-state index in [1.165, 1.54) is 0 Å². The van der Waals surface area contributed by atoms with Crippen molar-refractivity contribution in [3.05, 3.63) is 70.3 Å². The first-order valence-electron chi connectivity index (χ1n) is 15.1. The van der Waals surface area contributed by atoms with Gasteiger partial charge in [-0.05, 0) is 44.2 Å². The molecule has 1 aromatic heterocycles. The van der Waals surface area contributed by atoms with E-state index in [9.17, 15) is 4.79 Å². The van der Waals surface area contributed by atoms with Crippen LogP contribution in [0, 0.1) is 6.92 Å². The number of hydrogen-bond acceptors (Lipinski definition) is 11. The lowest BCUT2D eigenvalue weighted by atomic mass is 10.00. The maximum Gasteiger partial charge on any atom is 0.162 e. The van der Waals surface area contributed by atoms with E-state index < -0.39 is 6.04 Å². The molecular weight excluding hydrogens is 602 g/mol. The summed E-state index contributed by atoms with van der Waals surface area (Å²) in [6.07, 6.45) is 0.210. The fourth-order valence-corrected chi connectivity index (χ4v) is 4.82. The SMILES string of the molecule is CC(=O)C[C@@H]1N=C(c2ccc(Cl)cc2)c2cc(OCCOCCOCCOCCOCCOCCN)ccc2-n2c(C)nnc21. The first kappa shape index (κ1) is 34.6. The van der Waals surface area contributed by atoms with Crippen molar-refractivity contribution in [1.82, 2.24) is 14.8 Å². The van der Waals surface area contributed by atoms with Gasteiger partial charge in [0.05, 0.1) is 77.5 Å². The summed E-state index contributed by atoms with van der Waals surface area (Å²) in [5.41, 5.74) is 8.64. The topological polar surface area (TPSA) is 142 Å². The molecular formula is C32H42ClN5O7. The van der Waals surface area contributed by atoms with Crippen LogP contribution in [0.25, 0.3) is 5.69 Å². The average Bonchev–Trinajstić information content (AvgIpc) is 3.35. The van der Waals surface area contributed by atoms with E-state index in [0.29, 0.717) is 102 Å². The van der Waals surface area contributed by atoms with Crippen molar-refractivity contribution in [2.45, 2.75) is 26.3 Å². The molecule has 244 valence electrons. The number of aromatic nitrogens is 3. The summed E-state index contributed by atoms with van der Waals surface area (Å²) in [6, 6.07) is 12.8. The maximum atomic E-state index is 12.2. The van der Waals surface area contributed by atoms with Crippen molar-refractivity contribution < 1.29 is 33.2 Å². The molecule has 0 spiro atoms. The van der Waals surface area contributed by atoms with Gasteiger partial charge in [0.2, 0.25) is 0 Å². The van der Waals surface area contributed by atoms with Gasteiger partial charge in [0.25, 0.3) is 0 Å². The largest absolute Gasteiger partial charge is 0.491 e. The molecule has 13 heteroatoms. The van der Waals surface area contributed by atoms with Gasteiger partial charge >= 0.3 is 0 Å². The van der Waals surface area contributed by atoms with E-state index in [4.69, 9.17) is 50.7 Å². The van der Waals surface area contributed by atoms with Crippen LogP contribution in [0.4, 0.5) is 0 Å². The number of nitrogens with two attached hydrogens (primary N) is 1. The van der Waals surface area contributed by atoms with Crippen LogP contribution in [0.5, 0.6) is 5.75 Å². The number of Topliss-reactive ketones (excluding diaryl/α,β-unsaturated/α-hetero) is 1. The third-order valence-corrected chi connectivity index (χ3v) is 6.99. The standard InChI is InChI=1S/C32H42ClN5O7/c1-23(39)21-29-32-37-36-24(2)38(32)30-8-7-27(22-28(30)31(35-29)25-3-5-26(33)6-4-25)45-20-19-44-18-17-43-16-15-42-14-13-41-12-11-40-10-9-34/h3-8,22,29H,9-21,34H2,1-2H3/t29-/m0/s1. The first-order valence-corrected chi connectivity index (χ1v) is 15.5. The van der Waals surface area contributed by atoms with E-state index in [2.05, 4.69) is 10.2 Å². The van der Waals surface area contributed by atoms with Crippen molar-refractivity contribution in [3.63, 3.8) is 0 Å². The zero-order valence-corrected chi connectivity index (χ0v) is 26.7. The number of nitrogens with zero attached hydrogens (tertiary/aromatic N) is 4. The number of aliphatic imine (C=N–C) groups is 1. The Morgan fingerprint density at radius 1 is 0.822 bits per heavy atom. The highest BCUT2D eigenvalue weighted by Crippen LogP contribution is 2.34. The molecule has 1 aliphatic heterocycles.